The average molecular weight is 707 g/mol. The molecule has 0 spiro atoms. The van der Waals surface area contributed by atoms with Crippen LogP contribution in [0.3, 0.4) is 0 Å². The van der Waals surface area contributed by atoms with E-state index < -0.39 is 0 Å². The summed E-state index contributed by atoms with van der Waals surface area (Å²) in [5.74, 6) is 0. The Morgan fingerprint density at radius 1 is 0.259 bits per heavy atom. The van der Waals surface area contributed by atoms with Gasteiger partial charge >= 0.3 is 0 Å². The number of fused-ring (bicyclic) bond motifs is 5. The van der Waals surface area contributed by atoms with Crippen LogP contribution in [0.4, 0.5) is 0 Å². The fourth-order valence-electron chi connectivity index (χ4n) is 9.76. The highest BCUT2D eigenvalue weighted by atomic mass is 16.3. The molecule has 7 aromatic carbocycles. The molecule has 0 amide bonds. The summed E-state index contributed by atoms with van der Waals surface area (Å²) in [6.07, 6.45) is 0. The summed E-state index contributed by atoms with van der Waals surface area (Å²) >= 11 is 0. The lowest BCUT2D eigenvalue weighted by molar-refractivity contribution is 0.661. The van der Waals surface area contributed by atoms with Gasteiger partial charge in [0.05, 0.1) is 0 Å². The maximum absolute atomic E-state index is 7.09. The smallest absolute Gasteiger partial charge is 0.139 e. The number of hydrogen-bond acceptors (Lipinski definition) is 1. The number of rotatable bonds is 3. The van der Waals surface area contributed by atoms with Gasteiger partial charge in [0.1, 0.15) is 11.2 Å². The molecule has 0 aliphatic carbocycles. The van der Waals surface area contributed by atoms with E-state index in [0.717, 1.165) is 11.2 Å². The average Bonchev–Trinajstić information content (AvgIpc) is 3.58. The van der Waals surface area contributed by atoms with Crippen molar-refractivity contribution in [3.8, 4) is 33.4 Å². The third-order valence-electron chi connectivity index (χ3n) is 14.3. The molecule has 0 radical (unpaired) electrons. The largest absolute Gasteiger partial charge is 0.455 e. The van der Waals surface area contributed by atoms with Crippen LogP contribution in [0.2, 0.25) is 0 Å². The summed E-state index contributed by atoms with van der Waals surface area (Å²) in [6.45, 7) is 34.8. The van der Waals surface area contributed by atoms with Crippen molar-refractivity contribution in [2.24, 2.45) is 0 Å². The highest BCUT2D eigenvalue weighted by Crippen LogP contribution is 2.54. The van der Waals surface area contributed by atoms with Crippen LogP contribution in [0.15, 0.2) is 59.0 Å². The molecule has 0 saturated heterocycles. The number of aryl methyl sites for hydroxylation is 7. The van der Waals surface area contributed by atoms with Gasteiger partial charge in [-0.15, -0.1) is 0 Å². The van der Waals surface area contributed by atoms with Crippen molar-refractivity contribution in [1.82, 2.24) is 0 Å². The third-order valence-corrected chi connectivity index (χ3v) is 14.3. The fourth-order valence-corrected chi connectivity index (χ4v) is 9.76. The Hall–Kier alpha value is -5.14. The monoisotopic (exact) mass is 706 g/mol. The molecule has 0 aliphatic heterocycles. The van der Waals surface area contributed by atoms with Gasteiger partial charge in [0.15, 0.2) is 0 Å². The maximum atomic E-state index is 7.09. The Balaban J connectivity index is 1.74. The molecule has 1 heterocycles. The molecule has 272 valence electrons. The number of hydrogen-bond donors (Lipinski definition) is 0. The van der Waals surface area contributed by atoms with E-state index in [2.05, 4.69) is 158 Å². The highest BCUT2D eigenvalue weighted by molar-refractivity contribution is 6.29. The molecule has 0 fully saturated rings. The normalized spacial score (nSPS) is 12.0. The zero-order valence-corrected chi connectivity index (χ0v) is 35.1. The third kappa shape index (κ3) is 4.70. The van der Waals surface area contributed by atoms with Crippen molar-refractivity contribution >= 4 is 43.5 Å². The molecule has 0 bridgehead atoms. The summed E-state index contributed by atoms with van der Waals surface area (Å²) in [5.41, 5.74) is 29.9. The Morgan fingerprint density at radius 2 is 0.630 bits per heavy atom. The van der Waals surface area contributed by atoms with Crippen LogP contribution >= 0.6 is 0 Å². The molecule has 8 aromatic rings. The second-order valence-corrected chi connectivity index (χ2v) is 16.5. The van der Waals surface area contributed by atoms with Gasteiger partial charge in [-0.05, 0) is 248 Å². The lowest BCUT2D eigenvalue weighted by atomic mass is 9.75. The van der Waals surface area contributed by atoms with E-state index in [0.29, 0.717) is 0 Å². The second kappa shape index (κ2) is 12.5. The van der Waals surface area contributed by atoms with E-state index in [1.54, 1.807) is 0 Å². The quantitative estimate of drug-likeness (QED) is 0.167. The lowest BCUT2D eigenvalue weighted by Crippen LogP contribution is -2.05. The number of benzene rings is 7. The SMILES string of the molecule is Cc1c(C)c(C)c2c(oc3c(C)c(C)c(C)c(-c4c5c(C)c(C)c(C)c(C)c5c(-c5cccc(-c6ccccc6)c5)c5c(C)c(C)c(C)c(C)c45)c32)c1C. The van der Waals surface area contributed by atoms with Crippen LogP contribution in [0.5, 0.6) is 0 Å². The van der Waals surface area contributed by atoms with Gasteiger partial charge in [0.2, 0.25) is 0 Å². The van der Waals surface area contributed by atoms with E-state index in [4.69, 9.17) is 4.42 Å². The van der Waals surface area contributed by atoms with Crippen molar-refractivity contribution in [2.45, 2.75) is 104 Å². The van der Waals surface area contributed by atoms with Gasteiger partial charge in [-0.2, -0.15) is 0 Å². The minimum absolute atomic E-state index is 1.02. The maximum Gasteiger partial charge on any atom is 0.139 e. The molecule has 8 rings (SSSR count). The first-order valence-electron chi connectivity index (χ1n) is 19.6. The first-order chi connectivity index (χ1) is 25.6. The molecular formula is C53H54O. The van der Waals surface area contributed by atoms with E-state index in [1.165, 1.54) is 149 Å². The Labute approximate surface area is 322 Å². The van der Waals surface area contributed by atoms with Crippen molar-refractivity contribution in [3.05, 3.63) is 138 Å². The summed E-state index contributed by atoms with van der Waals surface area (Å²) in [5, 5.41) is 8.01. The Kier molecular flexibility index (Phi) is 8.27. The number of furan rings is 1. The summed E-state index contributed by atoms with van der Waals surface area (Å²) in [7, 11) is 0. The summed E-state index contributed by atoms with van der Waals surface area (Å²) in [6, 6.07) is 20.1. The van der Waals surface area contributed by atoms with E-state index in [-0.39, 0.29) is 0 Å². The van der Waals surface area contributed by atoms with Crippen LogP contribution in [-0.4, -0.2) is 0 Å². The first kappa shape index (κ1) is 35.9. The molecule has 54 heavy (non-hydrogen) atoms. The predicted octanol–water partition coefficient (Wildman–Crippen LogP) is 15.5. The molecular weight excluding hydrogens is 653 g/mol. The van der Waals surface area contributed by atoms with Crippen molar-refractivity contribution < 1.29 is 4.42 Å². The van der Waals surface area contributed by atoms with Gasteiger partial charge < -0.3 is 4.42 Å². The van der Waals surface area contributed by atoms with Crippen LogP contribution in [0.1, 0.15) is 83.5 Å². The van der Waals surface area contributed by atoms with Crippen molar-refractivity contribution in [2.75, 3.05) is 0 Å². The Morgan fingerprint density at radius 3 is 1.13 bits per heavy atom. The van der Waals surface area contributed by atoms with Gasteiger partial charge in [0, 0.05) is 10.8 Å². The molecule has 0 aliphatic rings. The van der Waals surface area contributed by atoms with E-state index in [1.807, 2.05) is 0 Å². The Bertz CT molecular complexity index is 2860. The fraction of sp³-hybridized carbons (Fsp3) is 0.283. The van der Waals surface area contributed by atoms with Crippen LogP contribution in [0, 0.1) is 104 Å². The lowest BCUT2D eigenvalue weighted by Gasteiger charge is -2.28. The predicted molar refractivity (Wildman–Crippen MR) is 236 cm³/mol. The van der Waals surface area contributed by atoms with Crippen molar-refractivity contribution in [3.63, 3.8) is 0 Å². The van der Waals surface area contributed by atoms with Crippen LogP contribution in [0.25, 0.3) is 76.9 Å². The molecule has 1 heteroatoms. The van der Waals surface area contributed by atoms with Crippen LogP contribution in [-0.2, 0) is 0 Å². The topological polar surface area (TPSA) is 13.1 Å². The van der Waals surface area contributed by atoms with E-state index in [9.17, 15) is 0 Å². The van der Waals surface area contributed by atoms with Gasteiger partial charge in [-0.25, -0.2) is 0 Å². The molecule has 0 saturated carbocycles. The zero-order chi connectivity index (χ0) is 38.8. The molecule has 1 nitrogen and oxygen atoms in total. The van der Waals surface area contributed by atoms with E-state index >= 15 is 0 Å². The molecule has 0 unspecified atom stereocenters. The minimum Gasteiger partial charge on any atom is -0.455 e. The second-order valence-electron chi connectivity index (χ2n) is 16.5. The summed E-state index contributed by atoms with van der Waals surface area (Å²) in [4.78, 5) is 0. The zero-order valence-electron chi connectivity index (χ0n) is 35.1. The molecule has 0 N–H and O–H groups in total. The van der Waals surface area contributed by atoms with Crippen LogP contribution < -0.4 is 0 Å². The van der Waals surface area contributed by atoms with Gasteiger partial charge in [-0.1, -0.05) is 48.5 Å². The molecule has 1 aromatic heterocycles. The highest BCUT2D eigenvalue weighted by Gasteiger charge is 2.30. The first-order valence-corrected chi connectivity index (χ1v) is 19.6. The summed E-state index contributed by atoms with van der Waals surface area (Å²) < 4.78 is 7.09. The standard InChI is InChI=1S/C53H54O/c1-25-27(3)34(10)45-43(32(25)8)49(42-23-19-22-41(24-42)40-20-17-16-18-21-40)44-33(9)26(2)28(4)35(11)46(44)50(45)47-36(12)31(7)39(15)53-51(47)48-37(13)29(5)30(6)38(14)52(48)54-53/h16-24H,1-15H3. The molecule has 0 atom stereocenters. The van der Waals surface area contributed by atoms with Gasteiger partial charge in [0.25, 0.3) is 0 Å². The van der Waals surface area contributed by atoms with Crippen molar-refractivity contribution in [1.29, 1.82) is 0 Å². The van der Waals surface area contributed by atoms with Gasteiger partial charge in [-0.3, -0.25) is 0 Å². The minimum atomic E-state index is 1.02.